The van der Waals surface area contributed by atoms with E-state index in [-0.39, 0.29) is 30.5 Å². The second kappa shape index (κ2) is 8.88. The lowest BCUT2D eigenvalue weighted by atomic mass is 9.91. The van der Waals surface area contributed by atoms with Gasteiger partial charge in [-0.2, -0.15) is 0 Å². The van der Waals surface area contributed by atoms with Crippen molar-refractivity contribution in [3.63, 3.8) is 0 Å². The molecule has 2 unspecified atom stereocenters. The number of hydrogen-bond acceptors (Lipinski definition) is 3. The Balaban J connectivity index is 0.00000312. The fraction of sp³-hybridized carbons (Fsp3) is 0.350. The van der Waals surface area contributed by atoms with Crippen LogP contribution in [0, 0.1) is 0 Å². The summed E-state index contributed by atoms with van der Waals surface area (Å²) in [7, 11) is 0. The number of carbonyl (C=O) groups excluding carboxylic acids is 1. The number of benzene rings is 2. The smallest absolute Gasteiger partial charge is 0.244 e. The van der Waals surface area contributed by atoms with Crippen LogP contribution >= 0.6 is 12.4 Å². The number of nitrogens with two attached hydrogens (primary N) is 1. The van der Waals surface area contributed by atoms with Gasteiger partial charge in [0.1, 0.15) is 11.3 Å². The summed E-state index contributed by atoms with van der Waals surface area (Å²) in [6.45, 7) is 7.63. The second-order valence-electron chi connectivity index (χ2n) is 6.50. The Bertz CT molecular complexity index is 687. The van der Waals surface area contributed by atoms with Crippen molar-refractivity contribution in [2.75, 3.05) is 0 Å². The number of rotatable bonds is 6. The van der Waals surface area contributed by atoms with Crippen LogP contribution in [0.25, 0.3) is 0 Å². The molecule has 0 saturated heterocycles. The molecule has 0 aliphatic heterocycles. The highest BCUT2D eigenvalue weighted by atomic mass is 35.5. The third kappa shape index (κ3) is 5.48. The van der Waals surface area contributed by atoms with E-state index in [1.54, 1.807) is 6.92 Å². The molecule has 0 saturated carbocycles. The summed E-state index contributed by atoms with van der Waals surface area (Å²) in [6, 6.07) is 17.0. The van der Waals surface area contributed by atoms with E-state index in [2.05, 4.69) is 5.32 Å². The summed E-state index contributed by atoms with van der Waals surface area (Å²) in [6.07, 6.45) is 0.107. The van der Waals surface area contributed by atoms with Gasteiger partial charge in [0.2, 0.25) is 5.91 Å². The van der Waals surface area contributed by atoms with Crippen molar-refractivity contribution in [2.45, 2.75) is 45.4 Å². The molecular formula is C20H27ClN2O2. The van der Waals surface area contributed by atoms with Crippen LogP contribution in [0.15, 0.2) is 54.6 Å². The van der Waals surface area contributed by atoms with Crippen molar-refractivity contribution < 1.29 is 9.53 Å². The van der Waals surface area contributed by atoms with Crippen LogP contribution in [0.1, 0.15) is 44.9 Å². The van der Waals surface area contributed by atoms with Crippen LogP contribution in [-0.4, -0.2) is 12.0 Å². The molecule has 2 rings (SSSR count). The summed E-state index contributed by atoms with van der Waals surface area (Å²) < 4.78 is 5.71. The SMILES string of the molecule is CC(C)Oc1cccc(C(C)NC(=O)C(C)(N)c2ccccc2)c1.Cl. The molecule has 136 valence electrons. The van der Waals surface area contributed by atoms with Gasteiger partial charge in [-0.25, -0.2) is 0 Å². The molecule has 0 aromatic heterocycles. The van der Waals surface area contributed by atoms with Gasteiger partial charge < -0.3 is 15.8 Å². The molecule has 0 heterocycles. The Labute approximate surface area is 156 Å². The zero-order chi connectivity index (χ0) is 17.7. The van der Waals surface area contributed by atoms with E-state index in [4.69, 9.17) is 10.5 Å². The maximum absolute atomic E-state index is 12.6. The molecule has 25 heavy (non-hydrogen) atoms. The third-order valence-electron chi connectivity index (χ3n) is 3.92. The maximum atomic E-state index is 12.6. The van der Waals surface area contributed by atoms with Gasteiger partial charge in [0.15, 0.2) is 0 Å². The minimum absolute atomic E-state index is 0. The third-order valence-corrected chi connectivity index (χ3v) is 3.92. The molecule has 2 atom stereocenters. The summed E-state index contributed by atoms with van der Waals surface area (Å²) in [4.78, 5) is 12.6. The minimum Gasteiger partial charge on any atom is -0.491 e. The van der Waals surface area contributed by atoms with Gasteiger partial charge in [0.25, 0.3) is 0 Å². The Morgan fingerprint density at radius 1 is 1.08 bits per heavy atom. The lowest BCUT2D eigenvalue weighted by molar-refractivity contribution is -0.126. The average molecular weight is 363 g/mol. The van der Waals surface area contributed by atoms with Gasteiger partial charge in [-0.1, -0.05) is 42.5 Å². The molecule has 1 amide bonds. The molecule has 0 spiro atoms. The van der Waals surface area contributed by atoms with Crippen molar-refractivity contribution in [3.05, 3.63) is 65.7 Å². The fourth-order valence-corrected chi connectivity index (χ4v) is 2.47. The van der Waals surface area contributed by atoms with Crippen molar-refractivity contribution in [1.82, 2.24) is 5.32 Å². The number of amides is 1. The second-order valence-corrected chi connectivity index (χ2v) is 6.50. The number of ether oxygens (including phenoxy) is 1. The number of hydrogen-bond donors (Lipinski definition) is 2. The number of nitrogens with one attached hydrogen (secondary N) is 1. The Hall–Kier alpha value is -2.04. The normalized spacial score (nSPS) is 14.2. The fourth-order valence-electron chi connectivity index (χ4n) is 2.47. The molecule has 0 aliphatic carbocycles. The Morgan fingerprint density at radius 2 is 1.72 bits per heavy atom. The van der Waals surface area contributed by atoms with Crippen LogP contribution in [0.2, 0.25) is 0 Å². The van der Waals surface area contributed by atoms with Crippen molar-refractivity contribution in [1.29, 1.82) is 0 Å². The maximum Gasteiger partial charge on any atom is 0.244 e. The molecule has 3 N–H and O–H groups in total. The standard InChI is InChI=1S/C20H26N2O2.ClH/c1-14(2)24-18-12-8-9-16(13-18)15(3)22-19(23)20(4,21)17-10-6-5-7-11-17;/h5-15H,21H2,1-4H3,(H,22,23);1H. The van der Waals surface area contributed by atoms with Crippen molar-refractivity contribution in [2.24, 2.45) is 5.73 Å². The molecule has 0 aliphatic rings. The Kier molecular flexibility index (Phi) is 7.46. The predicted octanol–water partition coefficient (Wildman–Crippen LogP) is 3.95. The van der Waals surface area contributed by atoms with Crippen LogP contribution in [-0.2, 0) is 10.3 Å². The zero-order valence-corrected chi connectivity index (χ0v) is 16.0. The van der Waals surface area contributed by atoms with Gasteiger partial charge in [-0.05, 0) is 51.0 Å². The predicted molar refractivity (Wildman–Crippen MR) is 104 cm³/mol. The lowest BCUT2D eigenvalue weighted by Crippen LogP contribution is -2.49. The van der Waals surface area contributed by atoms with E-state index in [9.17, 15) is 4.79 Å². The van der Waals surface area contributed by atoms with Crippen LogP contribution in [0.4, 0.5) is 0 Å². The number of carbonyl (C=O) groups is 1. The number of halogens is 1. The van der Waals surface area contributed by atoms with Crippen molar-refractivity contribution in [3.8, 4) is 5.75 Å². The highest BCUT2D eigenvalue weighted by molar-refractivity contribution is 5.87. The highest BCUT2D eigenvalue weighted by Crippen LogP contribution is 2.23. The zero-order valence-electron chi connectivity index (χ0n) is 15.2. The average Bonchev–Trinajstić information content (AvgIpc) is 2.55. The summed E-state index contributed by atoms with van der Waals surface area (Å²) in [5.41, 5.74) is 6.95. The molecule has 0 bridgehead atoms. The van der Waals surface area contributed by atoms with Gasteiger partial charge >= 0.3 is 0 Å². The lowest BCUT2D eigenvalue weighted by Gasteiger charge is -2.26. The molecule has 4 nitrogen and oxygen atoms in total. The minimum atomic E-state index is -1.08. The first-order valence-corrected chi connectivity index (χ1v) is 8.22. The molecule has 5 heteroatoms. The van der Waals surface area contributed by atoms with Gasteiger partial charge in [0, 0.05) is 0 Å². The largest absolute Gasteiger partial charge is 0.491 e. The first-order valence-electron chi connectivity index (χ1n) is 8.22. The molecule has 2 aromatic carbocycles. The van der Waals surface area contributed by atoms with E-state index >= 15 is 0 Å². The molecule has 0 radical (unpaired) electrons. The van der Waals surface area contributed by atoms with E-state index < -0.39 is 5.54 Å². The van der Waals surface area contributed by atoms with Crippen LogP contribution in [0.5, 0.6) is 5.75 Å². The monoisotopic (exact) mass is 362 g/mol. The van der Waals surface area contributed by atoms with E-state index in [0.29, 0.717) is 0 Å². The quantitative estimate of drug-likeness (QED) is 0.817. The van der Waals surface area contributed by atoms with Crippen molar-refractivity contribution >= 4 is 18.3 Å². The van der Waals surface area contributed by atoms with E-state index in [1.807, 2.05) is 75.4 Å². The first kappa shape index (κ1) is 21.0. The summed E-state index contributed by atoms with van der Waals surface area (Å²) in [5, 5.41) is 3.00. The first-order chi connectivity index (χ1) is 11.3. The molecular weight excluding hydrogens is 336 g/mol. The topological polar surface area (TPSA) is 64.3 Å². The van der Waals surface area contributed by atoms with Gasteiger partial charge in [0.05, 0.1) is 12.1 Å². The summed E-state index contributed by atoms with van der Waals surface area (Å²) >= 11 is 0. The van der Waals surface area contributed by atoms with E-state index in [0.717, 1.165) is 16.9 Å². The van der Waals surface area contributed by atoms with Gasteiger partial charge in [-0.15, -0.1) is 12.4 Å². The van der Waals surface area contributed by atoms with Gasteiger partial charge in [-0.3, -0.25) is 4.79 Å². The summed E-state index contributed by atoms with van der Waals surface area (Å²) in [5.74, 6) is 0.582. The molecule has 0 fully saturated rings. The Morgan fingerprint density at radius 3 is 2.32 bits per heavy atom. The molecule has 2 aromatic rings. The highest BCUT2D eigenvalue weighted by Gasteiger charge is 2.31. The van der Waals surface area contributed by atoms with Crippen LogP contribution in [0.3, 0.4) is 0 Å². The van der Waals surface area contributed by atoms with E-state index in [1.165, 1.54) is 0 Å². The van der Waals surface area contributed by atoms with Crippen LogP contribution < -0.4 is 15.8 Å².